The van der Waals surface area contributed by atoms with Crippen LogP contribution in [0.2, 0.25) is 0 Å². The number of benzene rings is 1. The fraction of sp³-hybridized carbons (Fsp3) is 0.429. The van der Waals surface area contributed by atoms with E-state index in [0.717, 1.165) is 18.4 Å². The van der Waals surface area contributed by atoms with Crippen molar-refractivity contribution < 1.29 is 9.59 Å². The molecule has 5 nitrogen and oxygen atoms in total. The highest BCUT2D eigenvalue weighted by Gasteiger charge is 2.33. The number of urea groups is 1. The fourth-order valence-electron chi connectivity index (χ4n) is 3.62. The summed E-state index contributed by atoms with van der Waals surface area (Å²) in [5.74, 6) is 0.000376. The van der Waals surface area contributed by atoms with Gasteiger partial charge in [-0.05, 0) is 42.3 Å². The molecule has 0 saturated heterocycles. The number of fused-ring (bicyclic) bond motifs is 1. The van der Waals surface area contributed by atoms with Crippen LogP contribution >= 0.6 is 11.3 Å². The van der Waals surface area contributed by atoms with Crippen LogP contribution in [-0.2, 0) is 11.2 Å². The number of hydrogen-bond donors (Lipinski definition) is 1. The van der Waals surface area contributed by atoms with Gasteiger partial charge in [-0.2, -0.15) is 0 Å². The predicted molar refractivity (Wildman–Crippen MR) is 109 cm³/mol. The lowest BCUT2D eigenvalue weighted by atomic mass is 9.93. The maximum atomic E-state index is 13.2. The molecule has 1 aromatic carbocycles. The van der Waals surface area contributed by atoms with Gasteiger partial charge < -0.3 is 15.1 Å². The van der Waals surface area contributed by atoms with E-state index in [4.69, 9.17) is 0 Å². The van der Waals surface area contributed by atoms with Gasteiger partial charge in [-0.25, -0.2) is 4.79 Å². The van der Waals surface area contributed by atoms with Gasteiger partial charge in [-0.1, -0.05) is 37.3 Å². The SMILES string of the molecule is CCCN(CC(=O)N1CCc2sccc2[C@H]1c1ccccc1)C(=O)NCC. The Kier molecular flexibility index (Phi) is 6.50. The zero-order valence-corrected chi connectivity index (χ0v) is 16.8. The summed E-state index contributed by atoms with van der Waals surface area (Å²) in [7, 11) is 0. The van der Waals surface area contributed by atoms with Crippen LogP contribution in [0.4, 0.5) is 4.79 Å². The first kappa shape index (κ1) is 19.4. The Morgan fingerprint density at radius 3 is 2.70 bits per heavy atom. The van der Waals surface area contributed by atoms with Crippen molar-refractivity contribution in [3.8, 4) is 0 Å². The molecular formula is C21H27N3O2S. The van der Waals surface area contributed by atoms with Crippen molar-refractivity contribution in [1.29, 1.82) is 0 Å². The van der Waals surface area contributed by atoms with E-state index in [1.165, 1.54) is 10.4 Å². The highest BCUT2D eigenvalue weighted by molar-refractivity contribution is 7.10. The fourth-order valence-corrected chi connectivity index (χ4v) is 4.52. The number of amides is 3. The molecule has 0 spiro atoms. The molecule has 1 N–H and O–H groups in total. The van der Waals surface area contributed by atoms with E-state index < -0.39 is 0 Å². The lowest BCUT2D eigenvalue weighted by Crippen LogP contribution is -2.49. The number of nitrogens with zero attached hydrogens (tertiary/aromatic N) is 2. The van der Waals surface area contributed by atoms with Crippen LogP contribution in [0.3, 0.4) is 0 Å². The van der Waals surface area contributed by atoms with Gasteiger partial charge in [-0.3, -0.25) is 4.79 Å². The third-order valence-corrected chi connectivity index (χ3v) is 5.83. The van der Waals surface area contributed by atoms with Crippen LogP contribution in [0.5, 0.6) is 0 Å². The van der Waals surface area contributed by atoms with E-state index in [-0.39, 0.29) is 24.5 Å². The van der Waals surface area contributed by atoms with Gasteiger partial charge in [0, 0.05) is 24.5 Å². The third kappa shape index (κ3) is 4.33. The first-order valence-electron chi connectivity index (χ1n) is 9.59. The maximum absolute atomic E-state index is 13.2. The highest BCUT2D eigenvalue weighted by atomic mass is 32.1. The van der Waals surface area contributed by atoms with Crippen LogP contribution in [0, 0.1) is 0 Å². The molecule has 0 bridgehead atoms. The Labute approximate surface area is 165 Å². The highest BCUT2D eigenvalue weighted by Crippen LogP contribution is 2.37. The molecule has 1 aromatic heterocycles. The molecule has 3 rings (SSSR count). The summed E-state index contributed by atoms with van der Waals surface area (Å²) in [5.41, 5.74) is 2.33. The van der Waals surface area contributed by atoms with Gasteiger partial charge in [-0.15, -0.1) is 11.3 Å². The van der Waals surface area contributed by atoms with Gasteiger partial charge >= 0.3 is 6.03 Å². The number of rotatable bonds is 6. The monoisotopic (exact) mass is 385 g/mol. The van der Waals surface area contributed by atoms with Crippen molar-refractivity contribution in [3.63, 3.8) is 0 Å². The van der Waals surface area contributed by atoms with E-state index in [1.54, 1.807) is 16.2 Å². The number of thiophene rings is 1. The van der Waals surface area contributed by atoms with E-state index in [1.807, 2.05) is 36.9 Å². The van der Waals surface area contributed by atoms with Gasteiger partial charge in [0.25, 0.3) is 0 Å². The van der Waals surface area contributed by atoms with Crippen LogP contribution < -0.4 is 5.32 Å². The standard InChI is InChI=1S/C21H27N3O2S/c1-3-12-23(21(26)22-4-2)15-19(25)24-13-10-18-17(11-14-27-18)20(24)16-8-6-5-7-9-16/h5-9,11,14,20H,3-4,10,12-13,15H2,1-2H3,(H,22,26)/t20-/m1/s1. The third-order valence-electron chi connectivity index (χ3n) is 4.84. The molecule has 6 heteroatoms. The Morgan fingerprint density at radius 2 is 2.00 bits per heavy atom. The average Bonchev–Trinajstić information content (AvgIpc) is 3.16. The molecule has 0 saturated carbocycles. The summed E-state index contributed by atoms with van der Waals surface area (Å²) in [6.45, 7) is 5.83. The summed E-state index contributed by atoms with van der Waals surface area (Å²) in [6, 6.07) is 12.0. The number of hydrogen-bond acceptors (Lipinski definition) is 3. The van der Waals surface area contributed by atoms with Crippen molar-refractivity contribution in [2.45, 2.75) is 32.7 Å². The molecule has 0 radical (unpaired) electrons. The largest absolute Gasteiger partial charge is 0.338 e. The van der Waals surface area contributed by atoms with E-state index in [9.17, 15) is 9.59 Å². The van der Waals surface area contributed by atoms with E-state index in [2.05, 4.69) is 28.9 Å². The molecule has 2 aromatic rings. The minimum absolute atomic E-state index is 0.000376. The van der Waals surface area contributed by atoms with Gasteiger partial charge in [0.15, 0.2) is 0 Å². The first-order valence-corrected chi connectivity index (χ1v) is 10.5. The zero-order chi connectivity index (χ0) is 19.2. The summed E-state index contributed by atoms with van der Waals surface area (Å²) < 4.78 is 0. The van der Waals surface area contributed by atoms with E-state index >= 15 is 0 Å². The predicted octanol–water partition coefficient (Wildman–Crippen LogP) is 3.66. The van der Waals surface area contributed by atoms with Crippen LogP contribution in [0.1, 0.15) is 42.3 Å². The van der Waals surface area contributed by atoms with Crippen molar-refractivity contribution in [3.05, 3.63) is 57.8 Å². The topological polar surface area (TPSA) is 52.7 Å². The minimum Gasteiger partial charge on any atom is -0.338 e. The lowest BCUT2D eigenvalue weighted by molar-refractivity contribution is -0.133. The van der Waals surface area contributed by atoms with Crippen LogP contribution in [0.25, 0.3) is 0 Å². The minimum atomic E-state index is -0.169. The Hall–Kier alpha value is -2.34. The van der Waals surface area contributed by atoms with Crippen molar-refractivity contribution in [2.24, 2.45) is 0 Å². The van der Waals surface area contributed by atoms with Gasteiger partial charge in [0.05, 0.1) is 6.04 Å². The van der Waals surface area contributed by atoms with Crippen LogP contribution in [-0.4, -0.2) is 47.9 Å². The maximum Gasteiger partial charge on any atom is 0.317 e. The van der Waals surface area contributed by atoms with E-state index in [0.29, 0.717) is 19.6 Å². The second kappa shape index (κ2) is 9.04. The van der Waals surface area contributed by atoms with Gasteiger partial charge in [0.2, 0.25) is 5.91 Å². The quantitative estimate of drug-likeness (QED) is 0.825. The molecule has 0 unspecified atom stereocenters. The number of carbonyl (C=O) groups is 2. The summed E-state index contributed by atoms with van der Waals surface area (Å²) in [6.07, 6.45) is 1.69. The number of nitrogens with one attached hydrogen (secondary N) is 1. The normalized spacial score (nSPS) is 15.9. The molecule has 144 valence electrons. The Balaban J connectivity index is 1.85. The first-order chi connectivity index (χ1) is 13.2. The molecule has 2 heterocycles. The molecule has 3 amide bonds. The second-order valence-corrected chi connectivity index (χ2v) is 7.71. The molecule has 1 aliphatic rings. The smallest absolute Gasteiger partial charge is 0.317 e. The average molecular weight is 386 g/mol. The Bertz CT molecular complexity index is 775. The molecule has 0 fully saturated rings. The Morgan fingerprint density at radius 1 is 1.22 bits per heavy atom. The summed E-state index contributed by atoms with van der Waals surface area (Å²) in [4.78, 5) is 30.4. The molecule has 0 aliphatic carbocycles. The molecular weight excluding hydrogens is 358 g/mol. The molecule has 1 aliphatic heterocycles. The molecule has 1 atom stereocenters. The zero-order valence-electron chi connectivity index (χ0n) is 16.0. The van der Waals surface area contributed by atoms with Crippen molar-refractivity contribution in [1.82, 2.24) is 15.1 Å². The van der Waals surface area contributed by atoms with Crippen molar-refractivity contribution in [2.75, 3.05) is 26.2 Å². The van der Waals surface area contributed by atoms with Crippen LogP contribution in [0.15, 0.2) is 41.8 Å². The summed E-state index contributed by atoms with van der Waals surface area (Å²) >= 11 is 1.76. The van der Waals surface area contributed by atoms with Gasteiger partial charge in [0.1, 0.15) is 6.54 Å². The second-order valence-electron chi connectivity index (χ2n) is 6.71. The summed E-state index contributed by atoms with van der Waals surface area (Å²) in [5, 5.41) is 4.91. The molecule has 27 heavy (non-hydrogen) atoms. The lowest BCUT2D eigenvalue weighted by Gasteiger charge is -2.37. The van der Waals surface area contributed by atoms with Crippen molar-refractivity contribution >= 4 is 23.3 Å². The number of carbonyl (C=O) groups excluding carboxylic acids is 2.